The van der Waals surface area contributed by atoms with Crippen molar-refractivity contribution in [1.82, 2.24) is 4.90 Å². The van der Waals surface area contributed by atoms with Gasteiger partial charge in [0.1, 0.15) is 6.23 Å². The molecule has 0 unspecified atom stereocenters. The van der Waals surface area contributed by atoms with Crippen LogP contribution in [0.2, 0.25) is 0 Å². The van der Waals surface area contributed by atoms with Crippen molar-refractivity contribution in [3.05, 3.63) is 83.9 Å². The Kier molecular flexibility index (Phi) is 4.35. The Morgan fingerprint density at radius 2 is 1.72 bits per heavy atom. The molecule has 1 heterocycles. The van der Waals surface area contributed by atoms with Crippen molar-refractivity contribution < 1.29 is 9.53 Å². The van der Waals surface area contributed by atoms with Crippen LogP contribution >= 0.6 is 0 Å². The molecule has 3 nitrogen and oxygen atoms in total. The first kappa shape index (κ1) is 16.0. The third-order valence-corrected chi connectivity index (χ3v) is 4.97. The van der Waals surface area contributed by atoms with Crippen LogP contribution < -0.4 is 0 Å². The van der Waals surface area contributed by atoms with E-state index < -0.39 is 0 Å². The molecule has 3 aromatic carbocycles. The molecule has 25 heavy (non-hydrogen) atoms. The fourth-order valence-electron chi connectivity index (χ4n) is 3.48. The molecule has 2 atom stereocenters. The highest BCUT2D eigenvalue weighted by atomic mass is 16.5. The van der Waals surface area contributed by atoms with Crippen molar-refractivity contribution in [2.45, 2.75) is 18.7 Å². The summed E-state index contributed by atoms with van der Waals surface area (Å²) in [6, 6.07) is 24.3. The SMILES string of the molecule is CN1[C@H](CC(=O)c2ccc3ccccc3c2)CO[C@H]1c1ccccc1. The van der Waals surface area contributed by atoms with Crippen molar-refractivity contribution in [1.29, 1.82) is 0 Å². The van der Waals surface area contributed by atoms with Crippen LogP contribution in [0.15, 0.2) is 72.8 Å². The summed E-state index contributed by atoms with van der Waals surface area (Å²) < 4.78 is 5.94. The molecule has 1 aliphatic heterocycles. The Bertz CT molecular complexity index is 891. The highest BCUT2D eigenvalue weighted by Gasteiger charge is 2.33. The smallest absolute Gasteiger partial charge is 0.164 e. The standard InChI is InChI=1S/C22H21NO2/c1-23-20(15-25-22(23)17-8-3-2-4-9-17)14-21(24)19-12-11-16-7-5-6-10-18(16)13-19/h2-13,20,22H,14-15H2,1H3/t20-,22+/m1/s1. The number of fused-ring (bicyclic) bond motifs is 1. The van der Waals surface area contributed by atoms with Crippen LogP contribution in [0.5, 0.6) is 0 Å². The van der Waals surface area contributed by atoms with E-state index in [1.54, 1.807) is 0 Å². The number of Topliss-reactive ketones (excluding diaryl/α,β-unsaturated/α-hetero) is 1. The van der Waals surface area contributed by atoms with Crippen LogP contribution in [0.3, 0.4) is 0 Å². The van der Waals surface area contributed by atoms with Gasteiger partial charge in [-0.15, -0.1) is 0 Å². The van der Waals surface area contributed by atoms with Crippen LogP contribution in [0.4, 0.5) is 0 Å². The summed E-state index contributed by atoms with van der Waals surface area (Å²) in [5, 5.41) is 2.26. The van der Waals surface area contributed by atoms with E-state index in [9.17, 15) is 4.79 Å². The second kappa shape index (κ2) is 6.79. The van der Waals surface area contributed by atoms with Gasteiger partial charge in [-0.2, -0.15) is 0 Å². The number of ketones is 1. The van der Waals surface area contributed by atoms with E-state index >= 15 is 0 Å². The van der Waals surface area contributed by atoms with Crippen LogP contribution in [-0.2, 0) is 4.74 Å². The second-order valence-electron chi connectivity index (χ2n) is 6.60. The Balaban J connectivity index is 1.49. The van der Waals surface area contributed by atoms with Crippen molar-refractivity contribution in [3.8, 4) is 0 Å². The Hall–Kier alpha value is -2.49. The minimum absolute atomic E-state index is 0.0735. The molecule has 0 spiro atoms. The zero-order chi connectivity index (χ0) is 17.2. The molecule has 1 aliphatic rings. The minimum atomic E-state index is -0.0735. The van der Waals surface area contributed by atoms with Gasteiger partial charge in [-0.05, 0) is 29.4 Å². The van der Waals surface area contributed by atoms with E-state index in [1.165, 1.54) is 0 Å². The molecule has 0 saturated carbocycles. The van der Waals surface area contributed by atoms with Crippen molar-refractivity contribution >= 4 is 16.6 Å². The normalized spacial score (nSPS) is 20.8. The topological polar surface area (TPSA) is 29.5 Å². The number of hydrogen-bond donors (Lipinski definition) is 0. The first-order chi connectivity index (χ1) is 12.2. The molecular formula is C22H21NO2. The van der Waals surface area contributed by atoms with E-state index in [0.29, 0.717) is 13.0 Å². The van der Waals surface area contributed by atoms with Crippen molar-refractivity contribution in [2.24, 2.45) is 0 Å². The average molecular weight is 331 g/mol. The summed E-state index contributed by atoms with van der Waals surface area (Å²) in [6.45, 7) is 0.579. The molecule has 4 rings (SSSR count). The molecule has 1 saturated heterocycles. The van der Waals surface area contributed by atoms with Crippen LogP contribution in [-0.4, -0.2) is 30.4 Å². The average Bonchev–Trinajstić information content (AvgIpc) is 3.02. The summed E-state index contributed by atoms with van der Waals surface area (Å²) in [5.41, 5.74) is 1.90. The summed E-state index contributed by atoms with van der Waals surface area (Å²) in [7, 11) is 2.03. The molecule has 0 aliphatic carbocycles. The third kappa shape index (κ3) is 3.21. The quantitative estimate of drug-likeness (QED) is 0.662. The Morgan fingerprint density at radius 1 is 1.00 bits per heavy atom. The first-order valence-corrected chi connectivity index (χ1v) is 8.63. The monoisotopic (exact) mass is 331 g/mol. The summed E-state index contributed by atoms with van der Waals surface area (Å²) in [4.78, 5) is 14.9. The highest BCUT2D eigenvalue weighted by molar-refractivity contribution is 6.00. The van der Waals surface area contributed by atoms with Gasteiger partial charge in [-0.25, -0.2) is 0 Å². The molecule has 3 aromatic rings. The third-order valence-electron chi connectivity index (χ3n) is 4.97. The summed E-state index contributed by atoms with van der Waals surface area (Å²) in [6.07, 6.45) is 0.397. The zero-order valence-electron chi connectivity index (χ0n) is 14.3. The van der Waals surface area contributed by atoms with E-state index in [0.717, 1.165) is 21.9 Å². The van der Waals surface area contributed by atoms with Crippen LogP contribution in [0.25, 0.3) is 10.8 Å². The number of benzene rings is 3. The minimum Gasteiger partial charge on any atom is -0.357 e. The number of rotatable bonds is 4. The number of nitrogens with zero attached hydrogens (tertiary/aromatic N) is 1. The number of hydrogen-bond acceptors (Lipinski definition) is 3. The molecule has 0 aromatic heterocycles. The molecule has 0 bridgehead atoms. The van der Waals surface area contributed by atoms with E-state index in [1.807, 2.05) is 61.6 Å². The van der Waals surface area contributed by atoms with E-state index in [2.05, 4.69) is 23.1 Å². The Labute approximate surface area is 147 Å². The Morgan fingerprint density at radius 3 is 2.52 bits per heavy atom. The fourth-order valence-corrected chi connectivity index (χ4v) is 3.48. The molecule has 0 radical (unpaired) electrons. The van der Waals surface area contributed by atoms with E-state index in [4.69, 9.17) is 4.74 Å². The largest absolute Gasteiger partial charge is 0.357 e. The zero-order valence-corrected chi connectivity index (χ0v) is 14.3. The fraction of sp³-hybridized carbons (Fsp3) is 0.227. The number of ether oxygens (including phenoxy) is 1. The van der Waals surface area contributed by atoms with Gasteiger partial charge in [-0.1, -0.05) is 66.7 Å². The molecule has 3 heteroatoms. The van der Waals surface area contributed by atoms with Gasteiger partial charge in [0.05, 0.1) is 6.61 Å². The van der Waals surface area contributed by atoms with Gasteiger partial charge >= 0.3 is 0 Å². The predicted octanol–water partition coefficient (Wildman–Crippen LogP) is 4.44. The maximum atomic E-state index is 12.8. The lowest BCUT2D eigenvalue weighted by molar-refractivity contribution is 0.0430. The molecule has 126 valence electrons. The number of carbonyl (C=O) groups excluding carboxylic acids is 1. The van der Waals surface area contributed by atoms with E-state index in [-0.39, 0.29) is 18.1 Å². The molecule has 0 N–H and O–H groups in total. The van der Waals surface area contributed by atoms with Crippen LogP contribution in [0, 0.1) is 0 Å². The highest BCUT2D eigenvalue weighted by Crippen LogP contribution is 2.30. The lowest BCUT2D eigenvalue weighted by Crippen LogP contribution is -2.31. The lowest BCUT2D eigenvalue weighted by atomic mass is 10.00. The maximum absolute atomic E-state index is 12.8. The van der Waals surface area contributed by atoms with Gasteiger partial charge in [0.25, 0.3) is 0 Å². The second-order valence-corrected chi connectivity index (χ2v) is 6.60. The lowest BCUT2D eigenvalue weighted by Gasteiger charge is -2.23. The van der Waals surface area contributed by atoms with Gasteiger partial charge < -0.3 is 4.74 Å². The maximum Gasteiger partial charge on any atom is 0.164 e. The van der Waals surface area contributed by atoms with Crippen molar-refractivity contribution in [3.63, 3.8) is 0 Å². The molecular weight excluding hydrogens is 310 g/mol. The van der Waals surface area contributed by atoms with Gasteiger partial charge in [-0.3, -0.25) is 9.69 Å². The van der Waals surface area contributed by atoms with Gasteiger partial charge in [0.2, 0.25) is 0 Å². The molecule has 1 fully saturated rings. The molecule has 0 amide bonds. The first-order valence-electron chi connectivity index (χ1n) is 8.63. The summed E-state index contributed by atoms with van der Waals surface area (Å²) >= 11 is 0. The summed E-state index contributed by atoms with van der Waals surface area (Å²) in [5.74, 6) is 0.167. The number of likely N-dealkylation sites (N-methyl/N-ethyl adjacent to an activating group) is 1. The number of carbonyl (C=O) groups is 1. The van der Waals surface area contributed by atoms with Gasteiger partial charge in [0.15, 0.2) is 5.78 Å². The van der Waals surface area contributed by atoms with Gasteiger partial charge in [0, 0.05) is 18.0 Å². The van der Waals surface area contributed by atoms with Crippen molar-refractivity contribution in [2.75, 3.05) is 13.7 Å². The predicted molar refractivity (Wildman–Crippen MR) is 99.6 cm³/mol. The van der Waals surface area contributed by atoms with Crippen LogP contribution in [0.1, 0.15) is 28.6 Å².